The van der Waals surface area contributed by atoms with Gasteiger partial charge in [0.25, 0.3) is 11.6 Å². The van der Waals surface area contributed by atoms with Gasteiger partial charge in [0.15, 0.2) is 6.10 Å². The van der Waals surface area contributed by atoms with Gasteiger partial charge in [0.05, 0.1) is 6.61 Å². The molecule has 5 atom stereocenters. The summed E-state index contributed by atoms with van der Waals surface area (Å²) in [4.78, 5) is 12.0. The normalized spacial score (nSPS) is 36.5. The maximum Gasteiger partial charge on any atom is 0.308 e. The topological polar surface area (TPSA) is 146 Å². The molecule has 9 heteroatoms. The Morgan fingerprint density at radius 3 is 2.38 bits per heavy atom. The van der Waals surface area contributed by atoms with Crippen LogP contribution in [0.25, 0.3) is 0 Å². The average Bonchev–Trinajstić information content (AvgIpc) is 2.56. The molecule has 1 aliphatic heterocycles. The van der Waals surface area contributed by atoms with Crippen LogP contribution in [0.3, 0.4) is 0 Å². The van der Waals surface area contributed by atoms with Gasteiger partial charge >= 0.3 is 5.97 Å². The van der Waals surface area contributed by atoms with E-state index in [0.717, 1.165) is 12.8 Å². The Morgan fingerprint density at radius 1 is 1.21 bits per heavy atom. The summed E-state index contributed by atoms with van der Waals surface area (Å²) in [6.07, 6.45) is -2.97. The first-order valence-corrected chi connectivity index (χ1v) is 8.15. The predicted molar refractivity (Wildman–Crippen MR) is 80.6 cm³/mol. The van der Waals surface area contributed by atoms with Crippen molar-refractivity contribution >= 4 is 5.97 Å². The summed E-state index contributed by atoms with van der Waals surface area (Å²) in [6.45, 7) is 1.76. The molecular weight excluding hydrogens is 324 g/mol. The Kier molecular flexibility index (Phi) is 8.00. The molecule has 1 aliphatic rings. The Balaban J connectivity index is 3.08. The van der Waals surface area contributed by atoms with Crippen LogP contribution in [-0.4, -0.2) is 81.2 Å². The zero-order valence-corrected chi connectivity index (χ0v) is 14.1. The maximum atomic E-state index is 12.0. The van der Waals surface area contributed by atoms with E-state index in [0.29, 0.717) is 6.42 Å². The molecule has 0 bridgehead atoms. The molecule has 24 heavy (non-hydrogen) atoms. The van der Waals surface area contributed by atoms with E-state index in [1.807, 2.05) is 6.92 Å². The number of carbonyl (C=O) groups excluding carboxylic acids is 1. The summed E-state index contributed by atoms with van der Waals surface area (Å²) < 4.78 is 15.5. The molecule has 0 aromatic carbocycles. The lowest BCUT2D eigenvalue weighted by Crippen LogP contribution is -2.76. The molecule has 1 saturated heterocycles. The fraction of sp³-hybridized carbons (Fsp3) is 0.933. The van der Waals surface area contributed by atoms with E-state index in [9.17, 15) is 30.3 Å². The number of aliphatic hydroxyl groups is 5. The van der Waals surface area contributed by atoms with Gasteiger partial charge in [-0.05, 0) is 13.3 Å². The van der Waals surface area contributed by atoms with E-state index in [1.54, 1.807) is 0 Å². The van der Waals surface area contributed by atoms with Crippen molar-refractivity contribution in [2.24, 2.45) is 0 Å². The van der Waals surface area contributed by atoms with Gasteiger partial charge in [0, 0.05) is 13.0 Å². The Hall–Kier alpha value is -0.810. The number of hydrogen-bond acceptors (Lipinski definition) is 9. The second-order valence-electron chi connectivity index (χ2n) is 5.75. The van der Waals surface area contributed by atoms with E-state index < -0.39 is 49.1 Å². The number of esters is 1. The summed E-state index contributed by atoms with van der Waals surface area (Å²) in [5.41, 5.74) is 0. The SMILES string of the molecule is CCCCCC(=O)O[C@@]1(O)[C@@H](O)[C@@H](O)[C@@H](CO)O[C@]1(CO)OCC. The molecule has 0 unspecified atom stereocenters. The highest BCUT2D eigenvalue weighted by atomic mass is 16.8. The molecule has 0 aromatic rings. The lowest BCUT2D eigenvalue weighted by Gasteiger charge is -2.52. The molecule has 0 amide bonds. The van der Waals surface area contributed by atoms with Crippen LogP contribution in [0.5, 0.6) is 0 Å². The minimum atomic E-state index is -2.83. The van der Waals surface area contributed by atoms with Crippen molar-refractivity contribution in [1.82, 2.24) is 0 Å². The smallest absolute Gasteiger partial charge is 0.308 e. The van der Waals surface area contributed by atoms with Gasteiger partial charge in [0.2, 0.25) is 0 Å². The van der Waals surface area contributed by atoms with Gasteiger partial charge < -0.3 is 39.7 Å². The second-order valence-corrected chi connectivity index (χ2v) is 5.75. The van der Waals surface area contributed by atoms with E-state index >= 15 is 0 Å². The van der Waals surface area contributed by atoms with Crippen molar-refractivity contribution in [3.05, 3.63) is 0 Å². The minimum Gasteiger partial charge on any atom is -0.424 e. The molecule has 9 nitrogen and oxygen atoms in total. The standard InChI is InChI=1S/C15H28O9/c1-3-5-6-7-11(18)24-15(21)13(20)12(19)10(8-16)23-14(15,9-17)22-4-2/h10,12-13,16-17,19-21H,3-9H2,1-2H3/t10-,12+,13+,14+,15+/m1/s1. The Bertz CT molecular complexity index is 404. The van der Waals surface area contributed by atoms with Crippen molar-refractivity contribution in [3.8, 4) is 0 Å². The Morgan fingerprint density at radius 2 is 1.88 bits per heavy atom. The van der Waals surface area contributed by atoms with Gasteiger partial charge in [-0.2, -0.15) is 0 Å². The lowest BCUT2D eigenvalue weighted by atomic mass is 9.88. The van der Waals surface area contributed by atoms with Crippen LogP contribution >= 0.6 is 0 Å². The highest BCUT2D eigenvalue weighted by Gasteiger charge is 2.67. The van der Waals surface area contributed by atoms with Crippen LogP contribution in [0, 0.1) is 0 Å². The van der Waals surface area contributed by atoms with Crippen LogP contribution in [0.4, 0.5) is 0 Å². The van der Waals surface area contributed by atoms with E-state index in [4.69, 9.17) is 14.2 Å². The van der Waals surface area contributed by atoms with E-state index in [-0.39, 0.29) is 13.0 Å². The second kappa shape index (κ2) is 9.04. The summed E-state index contributed by atoms with van der Waals surface area (Å²) in [6, 6.07) is 0. The predicted octanol–water partition coefficient (Wildman–Crippen LogP) is -1.36. The first kappa shape index (κ1) is 21.2. The van der Waals surface area contributed by atoms with Crippen molar-refractivity contribution in [3.63, 3.8) is 0 Å². The van der Waals surface area contributed by atoms with Gasteiger partial charge in [-0.15, -0.1) is 0 Å². The molecule has 0 aliphatic carbocycles. The number of unbranched alkanes of at least 4 members (excludes halogenated alkanes) is 2. The first-order valence-electron chi connectivity index (χ1n) is 8.15. The number of carbonyl (C=O) groups is 1. The molecule has 142 valence electrons. The first-order chi connectivity index (χ1) is 11.3. The third-order valence-electron chi connectivity index (χ3n) is 4.01. The maximum absolute atomic E-state index is 12.0. The zero-order chi connectivity index (χ0) is 18.4. The molecule has 1 fully saturated rings. The number of hydrogen-bond donors (Lipinski definition) is 5. The van der Waals surface area contributed by atoms with Crippen LogP contribution in [0.15, 0.2) is 0 Å². The van der Waals surface area contributed by atoms with Gasteiger partial charge in [-0.1, -0.05) is 19.8 Å². The number of ether oxygens (including phenoxy) is 3. The quantitative estimate of drug-likeness (QED) is 0.193. The molecule has 0 aromatic heterocycles. The van der Waals surface area contributed by atoms with Crippen LogP contribution in [0.2, 0.25) is 0 Å². The van der Waals surface area contributed by atoms with Crippen LogP contribution < -0.4 is 0 Å². The molecule has 0 spiro atoms. The van der Waals surface area contributed by atoms with Crippen molar-refractivity contribution in [2.45, 2.75) is 69.4 Å². The van der Waals surface area contributed by atoms with E-state index in [1.165, 1.54) is 6.92 Å². The number of rotatable bonds is 9. The summed E-state index contributed by atoms with van der Waals surface area (Å²) in [5, 5.41) is 49.9. The molecule has 1 heterocycles. The summed E-state index contributed by atoms with van der Waals surface area (Å²) >= 11 is 0. The van der Waals surface area contributed by atoms with Crippen molar-refractivity contribution < 1.29 is 44.5 Å². The molecule has 0 radical (unpaired) electrons. The summed E-state index contributed by atoms with van der Waals surface area (Å²) in [7, 11) is 0. The molecule has 0 saturated carbocycles. The summed E-state index contributed by atoms with van der Waals surface area (Å²) in [5.74, 6) is -5.99. The van der Waals surface area contributed by atoms with Gasteiger partial charge in [-0.3, -0.25) is 4.79 Å². The monoisotopic (exact) mass is 352 g/mol. The molecule has 5 N–H and O–H groups in total. The fourth-order valence-corrected chi connectivity index (χ4v) is 2.65. The average molecular weight is 352 g/mol. The fourth-order valence-electron chi connectivity index (χ4n) is 2.65. The number of aliphatic hydroxyl groups excluding tert-OH is 4. The zero-order valence-electron chi connectivity index (χ0n) is 14.1. The molecular formula is C15H28O9. The highest BCUT2D eigenvalue weighted by Crippen LogP contribution is 2.40. The van der Waals surface area contributed by atoms with Crippen LogP contribution in [-0.2, 0) is 19.0 Å². The highest BCUT2D eigenvalue weighted by molar-refractivity contribution is 5.70. The Labute approximate surface area is 140 Å². The largest absolute Gasteiger partial charge is 0.424 e. The van der Waals surface area contributed by atoms with Crippen molar-refractivity contribution in [1.29, 1.82) is 0 Å². The van der Waals surface area contributed by atoms with Gasteiger partial charge in [0.1, 0.15) is 18.8 Å². The molecule has 1 rings (SSSR count). The van der Waals surface area contributed by atoms with E-state index in [2.05, 4.69) is 0 Å². The third-order valence-corrected chi connectivity index (χ3v) is 4.01. The van der Waals surface area contributed by atoms with Gasteiger partial charge in [-0.25, -0.2) is 0 Å². The minimum absolute atomic E-state index is 0.0178. The lowest BCUT2D eigenvalue weighted by molar-refractivity contribution is -0.461. The third kappa shape index (κ3) is 4.05. The van der Waals surface area contributed by atoms with Crippen LogP contribution in [0.1, 0.15) is 39.5 Å². The van der Waals surface area contributed by atoms with Crippen molar-refractivity contribution in [2.75, 3.05) is 19.8 Å².